The average Bonchev–Trinajstić information content (AvgIpc) is 2.98. The molecule has 116 valence electrons. The molecule has 6 nitrogen and oxygen atoms in total. The molecule has 0 aliphatic rings. The van der Waals surface area contributed by atoms with Gasteiger partial charge in [-0.1, -0.05) is 12.1 Å². The molecule has 0 unspecified atom stereocenters. The van der Waals surface area contributed by atoms with Crippen LogP contribution in [0.4, 0.5) is 0 Å². The minimum atomic E-state index is -0.448. The van der Waals surface area contributed by atoms with Gasteiger partial charge in [0, 0.05) is 18.0 Å². The molecule has 0 radical (unpaired) electrons. The summed E-state index contributed by atoms with van der Waals surface area (Å²) in [5.74, 6) is -0.504. The van der Waals surface area contributed by atoms with E-state index in [9.17, 15) is 9.59 Å². The van der Waals surface area contributed by atoms with Crippen molar-refractivity contribution in [1.82, 2.24) is 14.5 Å². The third-order valence-corrected chi connectivity index (χ3v) is 3.70. The molecule has 0 atom stereocenters. The van der Waals surface area contributed by atoms with Crippen LogP contribution < -0.4 is 0 Å². The fourth-order valence-corrected chi connectivity index (χ4v) is 2.46. The predicted octanol–water partition coefficient (Wildman–Crippen LogP) is 2.62. The quantitative estimate of drug-likeness (QED) is 0.549. The number of hydrogen-bond acceptors (Lipinski definition) is 5. The summed E-state index contributed by atoms with van der Waals surface area (Å²) in [5, 5.41) is 0.646. The van der Waals surface area contributed by atoms with Crippen LogP contribution in [-0.2, 0) is 11.8 Å². The van der Waals surface area contributed by atoms with E-state index in [0.29, 0.717) is 27.7 Å². The third kappa shape index (κ3) is 2.59. The van der Waals surface area contributed by atoms with Crippen molar-refractivity contribution in [2.45, 2.75) is 6.92 Å². The first kappa shape index (κ1) is 14.9. The summed E-state index contributed by atoms with van der Waals surface area (Å²) in [6, 6.07) is 6.77. The first-order valence-electron chi connectivity index (χ1n) is 7.02. The van der Waals surface area contributed by atoms with E-state index >= 15 is 0 Å². The van der Waals surface area contributed by atoms with Gasteiger partial charge in [-0.25, -0.2) is 14.8 Å². The van der Waals surface area contributed by atoms with Crippen molar-refractivity contribution >= 4 is 22.7 Å². The zero-order valence-electron chi connectivity index (χ0n) is 13.0. The molecule has 0 amide bonds. The highest BCUT2D eigenvalue weighted by Gasteiger charge is 2.16. The number of hydrogen-bond donors (Lipinski definition) is 0. The number of aryl methyl sites for hydroxylation is 1. The number of benzene rings is 1. The molecule has 0 fully saturated rings. The Morgan fingerprint density at radius 2 is 2.00 bits per heavy atom. The Morgan fingerprint density at radius 1 is 1.22 bits per heavy atom. The maximum absolute atomic E-state index is 12.1. The van der Waals surface area contributed by atoms with Crippen LogP contribution in [0, 0.1) is 0 Å². The summed E-state index contributed by atoms with van der Waals surface area (Å²) < 4.78 is 6.68. The Hall–Kier alpha value is -3.02. The second-order valence-electron chi connectivity index (χ2n) is 5.22. The van der Waals surface area contributed by atoms with Crippen molar-refractivity contribution in [3.8, 4) is 11.4 Å². The van der Waals surface area contributed by atoms with E-state index in [-0.39, 0.29) is 5.78 Å². The number of Topliss-reactive ketones (excluding diaryl/α,β-unsaturated/α-hetero) is 1. The maximum atomic E-state index is 12.1. The lowest BCUT2D eigenvalue weighted by molar-refractivity contribution is 0.0603. The minimum Gasteiger partial charge on any atom is -0.465 e. The molecule has 6 heteroatoms. The van der Waals surface area contributed by atoms with E-state index in [1.165, 1.54) is 14.0 Å². The summed E-state index contributed by atoms with van der Waals surface area (Å²) in [6.07, 6.45) is 3.33. The van der Waals surface area contributed by atoms with Gasteiger partial charge in [0.05, 0.1) is 42.1 Å². The van der Waals surface area contributed by atoms with Crippen LogP contribution >= 0.6 is 0 Å². The van der Waals surface area contributed by atoms with Crippen LogP contribution in [-0.4, -0.2) is 33.4 Å². The van der Waals surface area contributed by atoms with Gasteiger partial charge in [0.25, 0.3) is 0 Å². The minimum absolute atomic E-state index is 0.0562. The molecule has 0 spiro atoms. The molecular formula is C17H15N3O3. The SMILES string of the molecule is COC(=O)c1cc(-c2cncn2C)nc2cc(C(C)=O)ccc12. The summed E-state index contributed by atoms with van der Waals surface area (Å²) in [7, 11) is 3.18. The van der Waals surface area contributed by atoms with Crippen molar-refractivity contribution in [3.05, 3.63) is 47.9 Å². The lowest BCUT2D eigenvalue weighted by atomic mass is 10.0. The highest BCUT2D eigenvalue weighted by atomic mass is 16.5. The Kier molecular flexibility index (Phi) is 3.65. The number of rotatable bonds is 3. The number of carbonyl (C=O) groups is 2. The number of pyridine rings is 1. The van der Waals surface area contributed by atoms with Gasteiger partial charge in [-0.2, -0.15) is 0 Å². The van der Waals surface area contributed by atoms with Gasteiger partial charge in [0.1, 0.15) is 0 Å². The Balaban J connectivity index is 2.32. The number of aromatic nitrogens is 3. The molecule has 3 aromatic rings. The molecule has 0 aliphatic carbocycles. The summed E-state index contributed by atoms with van der Waals surface area (Å²) in [4.78, 5) is 32.4. The van der Waals surface area contributed by atoms with Gasteiger partial charge < -0.3 is 9.30 Å². The smallest absolute Gasteiger partial charge is 0.338 e. The van der Waals surface area contributed by atoms with Crippen LogP contribution in [0.1, 0.15) is 27.6 Å². The van der Waals surface area contributed by atoms with E-state index in [1.54, 1.807) is 36.8 Å². The number of ether oxygens (including phenoxy) is 1. The second-order valence-corrected chi connectivity index (χ2v) is 5.22. The van der Waals surface area contributed by atoms with Crippen LogP contribution in [0.25, 0.3) is 22.3 Å². The molecule has 1 aromatic carbocycles. The van der Waals surface area contributed by atoms with Gasteiger partial charge in [-0.15, -0.1) is 0 Å². The normalized spacial score (nSPS) is 10.7. The van der Waals surface area contributed by atoms with Crippen LogP contribution in [0.2, 0.25) is 0 Å². The number of fused-ring (bicyclic) bond motifs is 1. The molecule has 0 bridgehead atoms. The predicted molar refractivity (Wildman–Crippen MR) is 85.3 cm³/mol. The Bertz CT molecular complexity index is 928. The largest absolute Gasteiger partial charge is 0.465 e. The average molecular weight is 309 g/mol. The number of methoxy groups -OCH3 is 1. The van der Waals surface area contributed by atoms with Gasteiger partial charge in [0.2, 0.25) is 0 Å². The fraction of sp³-hybridized carbons (Fsp3) is 0.176. The van der Waals surface area contributed by atoms with Gasteiger partial charge in [0.15, 0.2) is 5.78 Å². The number of ketones is 1. The summed E-state index contributed by atoms with van der Waals surface area (Å²) in [5.41, 5.74) is 2.88. The fourth-order valence-electron chi connectivity index (χ4n) is 2.46. The standard InChI is InChI=1S/C17H15N3O3/c1-10(21)11-4-5-12-13(17(22)23-3)7-15(19-14(12)6-11)16-8-18-9-20(16)2/h4-9H,1-3H3. The topological polar surface area (TPSA) is 74.1 Å². The first-order valence-corrected chi connectivity index (χ1v) is 7.02. The van der Waals surface area contributed by atoms with Crippen molar-refractivity contribution in [2.75, 3.05) is 7.11 Å². The summed E-state index contributed by atoms with van der Waals surface area (Å²) in [6.45, 7) is 1.49. The second kappa shape index (κ2) is 5.64. The zero-order chi connectivity index (χ0) is 16.6. The van der Waals surface area contributed by atoms with Crippen molar-refractivity contribution in [1.29, 1.82) is 0 Å². The molecule has 0 N–H and O–H groups in total. The number of nitrogens with zero attached hydrogens (tertiary/aromatic N) is 3. The third-order valence-electron chi connectivity index (χ3n) is 3.70. The molecule has 2 aromatic heterocycles. The van der Waals surface area contributed by atoms with Gasteiger partial charge in [-0.05, 0) is 19.1 Å². The van der Waals surface area contributed by atoms with Crippen molar-refractivity contribution in [2.24, 2.45) is 7.05 Å². The Labute approximate surface area is 132 Å². The van der Waals surface area contributed by atoms with E-state index in [4.69, 9.17) is 4.74 Å². The number of imidazole rings is 1. The van der Waals surface area contributed by atoms with E-state index in [1.807, 2.05) is 11.6 Å². The first-order chi connectivity index (χ1) is 11.0. The highest BCUT2D eigenvalue weighted by molar-refractivity contribution is 6.06. The molecular weight excluding hydrogens is 294 g/mol. The van der Waals surface area contributed by atoms with Crippen molar-refractivity contribution in [3.63, 3.8) is 0 Å². The monoisotopic (exact) mass is 309 g/mol. The zero-order valence-corrected chi connectivity index (χ0v) is 13.0. The van der Waals surface area contributed by atoms with Crippen molar-refractivity contribution < 1.29 is 14.3 Å². The lowest BCUT2D eigenvalue weighted by Gasteiger charge is -2.09. The molecule has 0 aliphatic heterocycles. The Morgan fingerprint density at radius 3 is 2.61 bits per heavy atom. The van der Waals surface area contributed by atoms with E-state index in [0.717, 1.165) is 5.69 Å². The number of carbonyl (C=O) groups excluding carboxylic acids is 2. The molecule has 23 heavy (non-hydrogen) atoms. The van der Waals surface area contributed by atoms with E-state index < -0.39 is 5.97 Å². The molecule has 0 saturated heterocycles. The highest BCUT2D eigenvalue weighted by Crippen LogP contribution is 2.26. The molecule has 2 heterocycles. The number of esters is 1. The van der Waals surface area contributed by atoms with Gasteiger partial charge in [-0.3, -0.25) is 4.79 Å². The van der Waals surface area contributed by atoms with E-state index in [2.05, 4.69) is 9.97 Å². The maximum Gasteiger partial charge on any atom is 0.338 e. The lowest BCUT2D eigenvalue weighted by Crippen LogP contribution is -2.05. The van der Waals surface area contributed by atoms with Gasteiger partial charge >= 0.3 is 5.97 Å². The van der Waals surface area contributed by atoms with Crippen LogP contribution in [0.5, 0.6) is 0 Å². The summed E-state index contributed by atoms with van der Waals surface area (Å²) >= 11 is 0. The van der Waals surface area contributed by atoms with Crippen LogP contribution in [0.15, 0.2) is 36.8 Å². The molecule has 0 saturated carbocycles. The van der Waals surface area contributed by atoms with Crippen LogP contribution in [0.3, 0.4) is 0 Å². The molecule has 3 rings (SSSR count).